The van der Waals surface area contributed by atoms with Gasteiger partial charge >= 0.3 is 0 Å². The van der Waals surface area contributed by atoms with Crippen molar-refractivity contribution in [1.29, 1.82) is 0 Å². The van der Waals surface area contributed by atoms with Gasteiger partial charge in [0.2, 0.25) is 0 Å². The molecule has 0 aliphatic carbocycles. The molecule has 0 spiro atoms. The standard InChI is InChI=1S/C30H25F2N5O2/c31-22-6-10-24(11-7-22)37-18-26(21-4-2-1-3-5-21)28-29(33-20-34-30(28)37)36-16-14-35(15-17-36)27(38)19-39-25-12-8-23(32)9-13-25/h1-13,18,20H,14-17,19H2. The number of hydrogen-bond acceptors (Lipinski definition) is 5. The van der Waals surface area contributed by atoms with Crippen molar-refractivity contribution in [3.63, 3.8) is 0 Å². The number of halogens is 2. The number of aromatic nitrogens is 3. The first-order valence-corrected chi connectivity index (χ1v) is 12.7. The maximum atomic E-state index is 13.6. The van der Waals surface area contributed by atoms with Crippen molar-refractivity contribution in [2.24, 2.45) is 0 Å². The molecule has 0 saturated carbocycles. The fraction of sp³-hybridized carbons (Fsp3) is 0.167. The van der Waals surface area contributed by atoms with E-state index in [-0.39, 0.29) is 24.1 Å². The van der Waals surface area contributed by atoms with Crippen molar-refractivity contribution in [2.45, 2.75) is 0 Å². The van der Waals surface area contributed by atoms with Gasteiger partial charge in [0.15, 0.2) is 12.3 Å². The van der Waals surface area contributed by atoms with Gasteiger partial charge in [0.05, 0.1) is 5.39 Å². The maximum absolute atomic E-state index is 13.6. The summed E-state index contributed by atoms with van der Waals surface area (Å²) in [5.74, 6) is 0.454. The SMILES string of the molecule is O=C(COc1ccc(F)cc1)N1CCN(c2ncnc3c2c(-c2ccccc2)cn3-c2ccc(F)cc2)CC1. The van der Waals surface area contributed by atoms with Crippen LogP contribution in [0.4, 0.5) is 14.6 Å². The topological polar surface area (TPSA) is 63.5 Å². The fourth-order valence-electron chi connectivity index (χ4n) is 4.86. The predicted octanol–water partition coefficient (Wildman–Crippen LogP) is 5.09. The van der Waals surface area contributed by atoms with Crippen molar-refractivity contribution in [2.75, 3.05) is 37.7 Å². The molecule has 1 aliphatic heterocycles. The van der Waals surface area contributed by atoms with Crippen LogP contribution in [-0.4, -0.2) is 58.1 Å². The second-order valence-corrected chi connectivity index (χ2v) is 9.26. The van der Waals surface area contributed by atoms with Crippen LogP contribution < -0.4 is 9.64 Å². The number of rotatable bonds is 6. The summed E-state index contributed by atoms with van der Waals surface area (Å²) >= 11 is 0. The molecule has 0 N–H and O–H groups in total. The van der Waals surface area contributed by atoms with Crippen molar-refractivity contribution < 1.29 is 18.3 Å². The van der Waals surface area contributed by atoms with Gasteiger partial charge in [0.1, 0.15) is 29.5 Å². The Kier molecular flexibility index (Phi) is 6.62. The zero-order valence-corrected chi connectivity index (χ0v) is 21.0. The van der Waals surface area contributed by atoms with Gasteiger partial charge in [-0.25, -0.2) is 18.7 Å². The van der Waals surface area contributed by atoms with E-state index in [1.807, 2.05) is 41.1 Å². The average molecular weight is 526 g/mol. The highest BCUT2D eigenvalue weighted by Crippen LogP contribution is 2.37. The summed E-state index contributed by atoms with van der Waals surface area (Å²) in [6, 6.07) is 21.9. The summed E-state index contributed by atoms with van der Waals surface area (Å²) in [7, 11) is 0. The lowest BCUT2D eigenvalue weighted by atomic mass is 10.1. The van der Waals surface area contributed by atoms with Crippen molar-refractivity contribution >= 4 is 22.8 Å². The summed E-state index contributed by atoms with van der Waals surface area (Å²) in [5, 5.41) is 0.896. The molecule has 7 nitrogen and oxygen atoms in total. The Labute approximate surface area is 223 Å². The third-order valence-corrected chi connectivity index (χ3v) is 6.86. The molecule has 9 heteroatoms. The van der Waals surface area contributed by atoms with Crippen LogP contribution in [0.3, 0.4) is 0 Å². The van der Waals surface area contributed by atoms with E-state index in [1.165, 1.54) is 36.4 Å². The molecule has 3 aromatic carbocycles. The minimum absolute atomic E-state index is 0.109. The van der Waals surface area contributed by atoms with Crippen LogP contribution in [0.25, 0.3) is 27.8 Å². The highest BCUT2D eigenvalue weighted by molar-refractivity contribution is 6.02. The summed E-state index contributed by atoms with van der Waals surface area (Å²) in [6.45, 7) is 2.09. The van der Waals surface area contributed by atoms with E-state index in [4.69, 9.17) is 4.74 Å². The van der Waals surface area contributed by atoms with E-state index < -0.39 is 0 Å². The van der Waals surface area contributed by atoms with Gasteiger partial charge < -0.3 is 19.1 Å². The van der Waals surface area contributed by atoms with Crippen molar-refractivity contribution in [1.82, 2.24) is 19.4 Å². The first-order chi connectivity index (χ1) is 19.1. The number of carbonyl (C=O) groups is 1. The van der Waals surface area contributed by atoms with E-state index in [2.05, 4.69) is 14.9 Å². The Bertz CT molecular complexity index is 1600. The first-order valence-electron chi connectivity index (χ1n) is 12.7. The second kappa shape index (κ2) is 10.5. The minimum Gasteiger partial charge on any atom is -0.484 e. The predicted molar refractivity (Wildman–Crippen MR) is 145 cm³/mol. The molecule has 1 saturated heterocycles. The summed E-state index contributed by atoms with van der Waals surface area (Å²) in [6.07, 6.45) is 3.55. The Morgan fingerprint density at radius 3 is 2.18 bits per heavy atom. The molecule has 5 aromatic rings. The van der Waals surface area contributed by atoms with E-state index >= 15 is 0 Å². The Morgan fingerprint density at radius 1 is 0.821 bits per heavy atom. The number of ether oxygens (including phenoxy) is 1. The summed E-state index contributed by atoms with van der Waals surface area (Å²) in [4.78, 5) is 26.0. The highest BCUT2D eigenvalue weighted by Gasteiger charge is 2.26. The summed E-state index contributed by atoms with van der Waals surface area (Å²) in [5.41, 5.74) is 3.50. The molecule has 196 valence electrons. The molecular formula is C30H25F2N5O2. The number of hydrogen-bond donors (Lipinski definition) is 0. The number of piperazine rings is 1. The zero-order chi connectivity index (χ0) is 26.8. The van der Waals surface area contributed by atoms with E-state index in [0.29, 0.717) is 31.9 Å². The molecule has 0 radical (unpaired) electrons. The number of fused-ring (bicyclic) bond motifs is 1. The third kappa shape index (κ3) is 5.03. The Hall–Kier alpha value is -4.79. The normalized spacial score (nSPS) is 13.6. The molecule has 1 fully saturated rings. The Morgan fingerprint density at radius 2 is 1.49 bits per heavy atom. The highest BCUT2D eigenvalue weighted by atomic mass is 19.1. The van der Waals surface area contributed by atoms with Crippen LogP contribution in [-0.2, 0) is 4.79 Å². The zero-order valence-electron chi connectivity index (χ0n) is 21.0. The molecule has 39 heavy (non-hydrogen) atoms. The molecular weight excluding hydrogens is 500 g/mol. The molecule has 1 aliphatic rings. The van der Waals surface area contributed by atoms with Gasteiger partial charge in [-0.15, -0.1) is 0 Å². The molecule has 2 aromatic heterocycles. The van der Waals surface area contributed by atoms with Crippen LogP contribution in [0.5, 0.6) is 5.75 Å². The van der Waals surface area contributed by atoms with E-state index in [1.54, 1.807) is 23.4 Å². The largest absolute Gasteiger partial charge is 0.484 e. The first kappa shape index (κ1) is 24.5. The quantitative estimate of drug-likeness (QED) is 0.309. The third-order valence-electron chi connectivity index (χ3n) is 6.86. The lowest BCUT2D eigenvalue weighted by Crippen LogP contribution is -2.50. The van der Waals surface area contributed by atoms with Gasteiger partial charge in [-0.1, -0.05) is 30.3 Å². The van der Waals surface area contributed by atoms with Crippen LogP contribution in [0.2, 0.25) is 0 Å². The molecule has 0 bridgehead atoms. The number of carbonyl (C=O) groups excluding carboxylic acids is 1. The van der Waals surface area contributed by atoms with E-state index in [0.717, 1.165) is 33.7 Å². The van der Waals surface area contributed by atoms with Gasteiger partial charge in [-0.2, -0.15) is 0 Å². The molecule has 1 amide bonds. The monoisotopic (exact) mass is 525 g/mol. The molecule has 0 unspecified atom stereocenters. The van der Waals surface area contributed by atoms with Crippen LogP contribution in [0.15, 0.2) is 91.4 Å². The van der Waals surface area contributed by atoms with Crippen LogP contribution in [0.1, 0.15) is 0 Å². The van der Waals surface area contributed by atoms with Gasteiger partial charge in [0, 0.05) is 43.6 Å². The van der Waals surface area contributed by atoms with Crippen molar-refractivity contribution in [3.05, 3.63) is 103 Å². The molecule has 6 rings (SSSR count). The van der Waals surface area contributed by atoms with Gasteiger partial charge in [-0.05, 0) is 54.1 Å². The van der Waals surface area contributed by atoms with Gasteiger partial charge in [-0.3, -0.25) is 4.79 Å². The number of amides is 1. The van der Waals surface area contributed by atoms with Crippen LogP contribution >= 0.6 is 0 Å². The molecule has 0 atom stereocenters. The lowest BCUT2D eigenvalue weighted by molar-refractivity contribution is -0.133. The maximum Gasteiger partial charge on any atom is 0.260 e. The molecule has 3 heterocycles. The number of anilines is 1. The smallest absolute Gasteiger partial charge is 0.260 e. The fourth-order valence-corrected chi connectivity index (χ4v) is 4.86. The average Bonchev–Trinajstić information content (AvgIpc) is 3.38. The lowest BCUT2D eigenvalue weighted by Gasteiger charge is -2.35. The number of benzene rings is 3. The Balaban J connectivity index is 1.26. The second-order valence-electron chi connectivity index (χ2n) is 9.26. The van der Waals surface area contributed by atoms with E-state index in [9.17, 15) is 13.6 Å². The summed E-state index contributed by atoms with van der Waals surface area (Å²) < 4.78 is 34.3. The van der Waals surface area contributed by atoms with Crippen LogP contribution in [0, 0.1) is 11.6 Å². The minimum atomic E-state index is -0.355. The number of nitrogens with zero attached hydrogens (tertiary/aromatic N) is 5. The van der Waals surface area contributed by atoms with Crippen molar-refractivity contribution in [3.8, 4) is 22.6 Å². The van der Waals surface area contributed by atoms with Gasteiger partial charge in [0.25, 0.3) is 5.91 Å².